The Balaban J connectivity index is 2.79. The molecular weight excluding hydrogens is 266 g/mol. The van der Waals surface area contributed by atoms with Crippen LogP contribution in [0.5, 0.6) is 5.75 Å². The van der Waals surface area contributed by atoms with Crippen molar-refractivity contribution in [1.29, 1.82) is 0 Å². The second-order valence-corrected chi connectivity index (χ2v) is 5.21. The maximum Gasteiger partial charge on any atom is 0.272 e. The lowest BCUT2D eigenvalue weighted by Gasteiger charge is -2.26. The average molecular weight is 293 g/mol. The minimum Gasteiger partial charge on any atom is -0.492 e. The summed E-state index contributed by atoms with van der Waals surface area (Å²) in [6, 6.07) is 3.44. The summed E-state index contributed by atoms with van der Waals surface area (Å²) in [6.07, 6.45) is 3.29. The van der Waals surface area contributed by atoms with E-state index >= 15 is 0 Å². The largest absolute Gasteiger partial charge is 0.492 e. The van der Waals surface area contributed by atoms with E-state index in [2.05, 4.69) is 18.8 Å². The lowest BCUT2D eigenvalue weighted by molar-refractivity contribution is 0.0766. The molecule has 0 unspecified atom stereocenters. The van der Waals surface area contributed by atoms with Crippen LogP contribution in [-0.4, -0.2) is 41.0 Å². The van der Waals surface area contributed by atoms with Gasteiger partial charge in [0.1, 0.15) is 18.1 Å². The minimum absolute atomic E-state index is 0.0737. The molecular formula is C16H27N3O2. The molecule has 0 fully saturated rings. The molecule has 5 heteroatoms. The summed E-state index contributed by atoms with van der Waals surface area (Å²) in [5, 5.41) is 0. The first-order chi connectivity index (χ1) is 9.99. The van der Waals surface area contributed by atoms with E-state index in [1.165, 1.54) is 0 Å². The van der Waals surface area contributed by atoms with Crippen molar-refractivity contribution in [3.05, 3.63) is 24.0 Å². The van der Waals surface area contributed by atoms with Gasteiger partial charge in [0.2, 0.25) is 0 Å². The molecule has 0 bridgehead atoms. The summed E-state index contributed by atoms with van der Waals surface area (Å²) < 4.78 is 5.76. The van der Waals surface area contributed by atoms with Crippen molar-refractivity contribution in [3.63, 3.8) is 0 Å². The minimum atomic E-state index is -0.327. The van der Waals surface area contributed by atoms with Gasteiger partial charge in [0, 0.05) is 30.9 Å². The Morgan fingerprint density at radius 2 is 1.90 bits per heavy atom. The van der Waals surface area contributed by atoms with Gasteiger partial charge in [-0.2, -0.15) is 0 Å². The number of carbonyl (C=O) groups excluding carboxylic acids is 1. The van der Waals surface area contributed by atoms with Crippen molar-refractivity contribution < 1.29 is 9.53 Å². The highest BCUT2D eigenvalue weighted by Gasteiger charge is 2.21. The van der Waals surface area contributed by atoms with E-state index in [9.17, 15) is 4.79 Å². The fraction of sp³-hybridized carbons (Fsp3) is 0.625. The zero-order valence-electron chi connectivity index (χ0n) is 13.6. The number of carbonyl (C=O) groups is 1. The molecule has 0 spiro atoms. The topological polar surface area (TPSA) is 68.5 Å². The number of hydrogen-bond acceptors (Lipinski definition) is 4. The van der Waals surface area contributed by atoms with E-state index in [-0.39, 0.29) is 11.4 Å². The summed E-state index contributed by atoms with van der Waals surface area (Å²) in [6.45, 7) is 9.77. The SMILES string of the molecule is CCN(CC)C(=O)c1cc(OCC(N)(CC)CC)ccn1. The van der Waals surface area contributed by atoms with Crippen LogP contribution in [0.25, 0.3) is 0 Å². The van der Waals surface area contributed by atoms with Gasteiger partial charge in [-0.25, -0.2) is 0 Å². The Labute approximate surface area is 127 Å². The maximum absolute atomic E-state index is 12.3. The highest BCUT2D eigenvalue weighted by molar-refractivity contribution is 5.92. The Bertz CT molecular complexity index is 455. The van der Waals surface area contributed by atoms with Gasteiger partial charge in [-0.05, 0) is 32.8 Å². The maximum atomic E-state index is 12.3. The number of nitrogens with two attached hydrogens (primary N) is 1. The fourth-order valence-corrected chi connectivity index (χ4v) is 1.97. The third-order valence-electron chi connectivity index (χ3n) is 3.94. The molecule has 1 amide bonds. The molecule has 0 aromatic carbocycles. The van der Waals surface area contributed by atoms with Crippen molar-refractivity contribution in [2.75, 3.05) is 19.7 Å². The molecule has 0 aliphatic heterocycles. The van der Waals surface area contributed by atoms with Crippen LogP contribution in [0, 0.1) is 0 Å². The van der Waals surface area contributed by atoms with E-state index in [1.54, 1.807) is 23.2 Å². The first-order valence-corrected chi connectivity index (χ1v) is 7.66. The predicted molar refractivity (Wildman–Crippen MR) is 84.5 cm³/mol. The lowest BCUT2D eigenvalue weighted by Crippen LogP contribution is -2.44. The first kappa shape index (κ1) is 17.4. The number of pyridine rings is 1. The third kappa shape index (κ3) is 4.70. The van der Waals surface area contributed by atoms with Gasteiger partial charge in [-0.3, -0.25) is 9.78 Å². The average Bonchev–Trinajstić information content (AvgIpc) is 2.54. The third-order valence-corrected chi connectivity index (χ3v) is 3.94. The van der Waals surface area contributed by atoms with Crippen LogP contribution in [0.2, 0.25) is 0 Å². The number of rotatable bonds is 8. The van der Waals surface area contributed by atoms with Gasteiger partial charge < -0.3 is 15.4 Å². The Kier molecular flexibility index (Phi) is 6.62. The molecule has 1 aromatic heterocycles. The first-order valence-electron chi connectivity index (χ1n) is 7.66. The molecule has 0 saturated heterocycles. The number of amides is 1. The zero-order valence-corrected chi connectivity index (χ0v) is 13.6. The number of nitrogens with zero attached hydrogens (tertiary/aromatic N) is 2. The number of ether oxygens (including phenoxy) is 1. The van der Waals surface area contributed by atoms with Crippen molar-refractivity contribution in [2.45, 2.75) is 46.1 Å². The van der Waals surface area contributed by atoms with E-state index in [4.69, 9.17) is 10.5 Å². The molecule has 5 nitrogen and oxygen atoms in total. The second kappa shape index (κ2) is 7.98. The van der Waals surface area contributed by atoms with Gasteiger partial charge >= 0.3 is 0 Å². The lowest BCUT2D eigenvalue weighted by atomic mass is 9.96. The van der Waals surface area contributed by atoms with Crippen molar-refractivity contribution in [3.8, 4) is 5.75 Å². The Morgan fingerprint density at radius 3 is 2.43 bits per heavy atom. The van der Waals surface area contributed by atoms with E-state index in [0.29, 0.717) is 31.1 Å². The monoisotopic (exact) mass is 293 g/mol. The standard InChI is InChI=1S/C16H27N3O2/c1-5-16(17,6-2)12-21-13-9-10-18-14(11-13)15(20)19(7-3)8-4/h9-11H,5-8,12,17H2,1-4H3. The van der Waals surface area contributed by atoms with Crippen LogP contribution >= 0.6 is 0 Å². The highest BCUT2D eigenvalue weighted by Crippen LogP contribution is 2.17. The van der Waals surface area contributed by atoms with Crippen LogP contribution < -0.4 is 10.5 Å². The quantitative estimate of drug-likeness (QED) is 0.799. The molecule has 1 rings (SSSR count). The van der Waals surface area contributed by atoms with Crippen LogP contribution in [0.4, 0.5) is 0 Å². The molecule has 0 radical (unpaired) electrons. The van der Waals surface area contributed by atoms with Crippen LogP contribution in [-0.2, 0) is 0 Å². The van der Waals surface area contributed by atoms with Gasteiger partial charge in [-0.1, -0.05) is 13.8 Å². The highest BCUT2D eigenvalue weighted by atomic mass is 16.5. The molecule has 1 aromatic rings. The molecule has 0 atom stereocenters. The number of aromatic nitrogens is 1. The molecule has 0 aliphatic rings. The molecule has 0 aliphatic carbocycles. The molecule has 2 N–H and O–H groups in total. The van der Waals surface area contributed by atoms with Crippen molar-refractivity contribution >= 4 is 5.91 Å². The number of hydrogen-bond donors (Lipinski definition) is 1. The van der Waals surface area contributed by atoms with Gasteiger partial charge in [-0.15, -0.1) is 0 Å². The fourth-order valence-electron chi connectivity index (χ4n) is 1.97. The summed E-state index contributed by atoms with van der Waals surface area (Å²) >= 11 is 0. The molecule has 21 heavy (non-hydrogen) atoms. The van der Waals surface area contributed by atoms with Crippen LogP contribution in [0.1, 0.15) is 51.0 Å². The molecule has 0 saturated carbocycles. The van der Waals surface area contributed by atoms with Gasteiger partial charge in [0.15, 0.2) is 0 Å². The summed E-state index contributed by atoms with van der Waals surface area (Å²) in [4.78, 5) is 18.1. The molecule has 118 valence electrons. The smallest absolute Gasteiger partial charge is 0.272 e. The van der Waals surface area contributed by atoms with E-state index in [0.717, 1.165) is 12.8 Å². The molecule has 1 heterocycles. The van der Waals surface area contributed by atoms with Crippen LogP contribution in [0.3, 0.4) is 0 Å². The van der Waals surface area contributed by atoms with E-state index < -0.39 is 0 Å². The Morgan fingerprint density at radius 1 is 1.29 bits per heavy atom. The second-order valence-electron chi connectivity index (χ2n) is 5.21. The summed E-state index contributed by atoms with van der Waals surface area (Å²) in [5.74, 6) is 0.563. The van der Waals surface area contributed by atoms with Crippen molar-refractivity contribution in [1.82, 2.24) is 9.88 Å². The van der Waals surface area contributed by atoms with E-state index in [1.807, 2.05) is 13.8 Å². The zero-order chi connectivity index (χ0) is 15.9. The van der Waals surface area contributed by atoms with Gasteiger partial charge in [0.05, 0.1) is 0 Å². The predicted octanol–water partition coefficient (Wildman–Crippen LogP) is 2.46. The van der Waals surface area contributed by atoms with Gasteiger partial charge in [0.25, 0.3) is 5.91 Å². The normalized spacial score (nSPS) is 11.3. The summed E-state index contributed by atoms with van der Waals surface area (Å²) in [7, 11) is 0. The Hall–Kier alpha value is -1.62. The van der Waals surface area contributed by atoms with Crippen LogP contribution in [0.15, 0.2) is 18.3 Å². The van der Waals surface area contributed by atoms with Crippen molar-refractivity contribution in [2.24, 2.45) is 5.73 Å². The summed E-state index contributed by atoms with van der Waals surface area (Å²) in [5.41, 5.74) is 6.30.